The van der Waals surface area contributed by atoms with Gasteiger partial charge < -0.3 is 9.67 Å². The molecule has 0 saturated carbocycles. The maximum Gasteiger partial charge on any atom is 0.451 e. The number of fused-ring (bicyclic) bond motifs is 1. The number of aliphatic hydroxyl groups is 1. The highest BCUT2D eigenvalue weighted by atomic mass is 19.4. The molecule has 0 radical (unpaired) electrons. The van der Waals surface area contributed by atoms with Crippen LogP contribution >= 0.6 is 0 Å². The first-order chi connectivity index (χ1) is 9.09. The van der Waals surface area contributed by atoms with Crippen LogP contribution in [-0.2, 0) is 19.3 Å². The van der Waals surface area contributed by atoms with E-state index in [0.29, 0.717) is 18.9 Å². The van der Waals surface area contributed by atoms with E-state index in [0.717, 1.165) is 4.57 Å². The summed E-state index contributed by atoms with van der Waals surface area (Å²) in [7, 11) is 0. The van der Waals surface area contributed by atoms with Crippen LogP contribution in [0.5, 0.6) is 0 Å². The fraction of sp³-hybridized carbons (Fsp3) is 0.833. The molecule has 0 spiro atoms. The van der Waals surface area contributed by atoms with Gasteiger partial charge in [-0.25, -0.2) is 0 Å². The molecule has 1 atom stereocenters. The molecule has 0 aromatic carbocycles. The summed E-state index contributed by atoms with van der Waals surface area (Å²) in [4.78, 5) is 1.90. The zero-order valence-corrected chi connectivity index (χ0v) is 11.8. The zero-order valence-electron chi connectivity index (χ0n) is 11.8. The topological polar surface area (TPSA) is 54.2 Å². The molecule has 1 aromatic rings. The molecule has 20 heavy (non-hydrogen) atoms. The first kappa shape index (κ1) is 15.2. The Morgan fingerprint density at radius 1 is 1.20 bits per heavy atom. The van der Waals surface area contributed by atoms with Crippen LogP contribution in [0.15, 0.2) is 0 Å². The minimum Gasteiger partial charge on any atom is -0.391 e. The highest BCUT2D eigenvalue weighted by Gasteiger charge is 2.39. The Labute approximate surface area is 115 Å². The number of alkyl halides is 3. The molecule has 1 aliphatic rings. The quantitative estimate of drug-likeness (QED) is 0.898. The third-order valence-corrected chi connectivity index (χ3v) is 3.52. The molecule has 114 valence electrons. The van der Waals surface area contributed by atoms with Gasteiger partial charge in [0.1, 0.15) is 5.82 Å². The van der Waals surface area contributed by atoms with Crippen LogP contribution in [0.3, 0.4) is 0 Å². The Morgan fingerprint density at radius 3 is 2.40 bits per heavy atom. The van der Waals surface area contributed by atoms with Crippen molar-refractivity contribution in [1.29, 1.82) is 0 Å². The lowest BCUT2D eigenvalue weighted by Gasteiger charge is -2.34. The van der Waals surface area contributed by atoms with Crippen LogP contribution in [0.2, 0.25) is 0 Å². The number of β-amino-alcohol motifs (C(OH)–C–C–N with tert-alkyl or cyclic N) is 1. The Morgan fingerprint density at radius 2 is 1.85 bits per heavy atom. The number of aromatic nitrogens is 3. The lowest BCUT2D eigenvalue weighted by molar-refractivity contribution is -0.148. The summed E-state index contributed by atoms with van der Waals surface area (Å²) in [6.07, 6.45) is -5.02. The van der Waals surface area contributed by atoms with Crippen LogP contribution in [0.4, 0.5) is 13.2 Å². The summed E-state index contributed by atoms with van der Waals surface area (Å²) in [6.45, 7) is 7.09. The van der Waals surface area contributed by atoms with Crippen molar-refractivity contribution in [3.63, 3.8) is 0 Å². The van der Waals surface area contributed by atoms with Crippen molar-refractivity contribution in [3.8, 4) is 0 Å². The molecule has 2 rings (SSSR count). The Hall–Kier alpha value is -1.15. The highest BCUT2D eigenvalue weighted by Crippen LogP contribution is 2.29. The van der Waals surface area contributed by atoms with Crippen LogP contribution in [0.1, 0.15) is 32.4 Å². The predicted molar refractivity (Wildman–Crippen MR) is 65.8 cm³/mol. The lowest BCUT2D eigenvalue weighted by Crippen LogP contribution is -2.43. The second-order valence-electron chi connectivity index (χ2n) is 6.21. The average molecular weight is 292 g/mol. The molecule has 2 heterocycles. The number of nitrogens with zero attached hydrogens (tertiary/aromatic N) is 4. The fourth-order valence-electron chi connectivity index (χ4n) is 2.09. The summed E-state index contributed by atoms with van der Waals surface area (Å²) in [5, 5.41) is 16.9. The summed E-state index contributed by atoms with van der Waals surface area (Å²) in [6, 6.07) is 0. The maximum atomic E-state index is 12.7. The van der Waals surface area contributed by atoms with Crippen molar-refractivity contribution in [3.05, 3.63) is 11.6 Å². The number of aliphatic hydroxyl groups excluding tert-OH is 1. The molecule has 1 aliphatic heterocycles. The van der Waals surface area contributed by atoms with E-state index in [1.807, 2.05) is 25.7 Å². The van der Waals surface area contributed by atoms with Crippen molar-refractivity contribution < 1.29 is 18.3 Å². The Kier molecular flexibility index (Phi) is 3.81. The molecule has 1 N–H and O–H groups in total. The first-order valence-corrected chi connectivity index (χ1v) is 6.48. The van der Waals surface area contributed by atoms with Crippen molar-refractivity contribution in [2.45, 2.75) is 46.1 Å². The van der Waals surface area contributed by atoms with E-state index < -0.39 is 18.1 Å². The van der Waals surface area contributed by atoms with Gasteiger partial charge in [0, 0.05) is 19.6 Å². The molecular weight excluding hydrogens is 273 g/mol. The van der Waals surface area contributed by atoms with Gasteiger partial charge in [0.25, 0.3) is 0 Å². The molecule has 0 bridgehead atoms. The second kappa shape index (κ2) is 5.00. The lowest BCUT2D eigenvalue weighted by atomic mass is 9.89. The second-order valence-corrected chi connectivity index (χ2v) is 6.21. The van der Waals surface area contributed by atoms with Gasteiger partial charge in [0.2, 0.25) is 5.82 Å². The molecule has 0 aliphatic carbocycles. The zero-order chi connectivity index (χ0) is 15.1. The van der Waals surface area contributed by atoms with Crippen LogP contribution in [0.25, 0.3) is 0 Å². The molecular formula is C12H19F3N4O. The largest absolute Gasteiger partial charge is 0.451 e. The molecule has 0 saturated heterocycles. The summed E-state index contributed by atoms with van der Waals surface area (Å²) in [5.74, 6) is -0.645. The molecule has 0 amide bonds. The number of hydrogen-bond acceptors (Lipinski definition) is 4. The van der Waals surface area contributed by atoms with Crippen molar-refractivity contribution in [2.24, 2.45) is 5.41 Å². The van der Waals surface area contributed by atoms with E-state index >= 15 is 0 Å². The minimum atomic E-state index is -4.47. The maximum absolute atomic E-state index is 12.7. The Bertz CT molecular complexity index is 478. The Balaban J connectivity index is 2.08. The van der Waals surface area contributed by atoms with E-state index in [9.17, 15) is 18.3 Å². The minimum absolute atomic E-state index is 0.189. The SMILES string of the molecule is CC(C)(C)C(O)CN1CCn2c(nnc2C(F)(F)F)C1. The van der Waals surface area contributed by atoms with Crippen molar-refractivity contribution in [2.75, 3.05) is 13.1 Å². The van der Waals surface area contributed by atoms with E-state index in [2.05, 4.69) is 10.2 Å². The van der Waals surface area contributed by atoms with Gasteiger partial charge >= 0.3 is 6.18 Å². The summed E-state index contributed by atoms with van der Waals surface area (Å²) < 4.78 is 39.2. The van der Waals surface area contributed by atoms with Crippen molar-refractivity contribution >= 4 is 0 Å². The van der Waals surface area contributed by atoms with Crippen molar-refractivity contribution in [1.82, 2.24) is 19.7 Å². The van der Waals surface area contributed by atoms with E-state index in [4.69, 9.17) is 0 Å². The van der Waals surface area contributed by atoms with Crippen LogP contribution < -0.4 is 0 Å². The van der Waals surface area contributed by atoms with Gasteiger partial charge in [0.05, 0.1) is 12.6 Å². The first-order valence-electron chi connectivity index (χ1n) is 6.48. The van der Waals surface area contributed by atoms with Gasteiger partial charge in [-0.2, -0.15) is 13.2 Å². The highest BCUT2D eigenvalue weighted by molar-refractivity contribution is 5.02. The van der Waals surface area contributed by atoms with E-state index in [1.54, 1.807) is 0 Å². The third-order valence-electron chi connectivity index (χ3n) is 3.52. The van der Waals surface area contributed by atoms with Gasteiger partial charge in [-0.1, -0.05) is 20.8 Å². The predicted octanol–water partition coefficient (Wildman–Crippen LogP) is 1.52. The number of halogens is 3. The average Bonchev–Trinajstić information content (AvgIpc) is 2.70. The molecule has 1 unspecified atom stereocenters. The summed E-state index contributed by atoms with van der Waals surface area (Å²) in [5.41, 5.74) is -0.262. The monoisotopic (exact) mass is 292 g/mol. The number of hydrogen-bond donors (Lipinski definition) is 1. The van der Waals surface area contributed by atoms with Gasteiger partial charge in [-0.15, -0.1) is 10.2 Å². The summed E-state index contributed by atoms with van der Waals surface area (Å²) >= 11 is 0. The third kappa shape index (κ3) is 3.12. The van der Waals surface area contributed by atoms with E-state index in [1.165, 1.54) is 0 Å². The number of rotatable bonds is 2. The molecule has 0 fully saturated rings. The smallest absolute Gasteiger partial charge is 0.391 e. The van der Waals surface area contributed by atoms with Crippen LogP contribution in [0, 0.1) is 5.41 Å². The van der Waals surface area contributed by atoms with Gasteiger partial charge in [-0.3, -0.25) is 4.90 Å². The molecule has 5 nitrogen and oxygen atoms in total. The standard InChI is InChI=1S/C12H19F3N4O/c1-11(2,3)8(20)6-18-4-5-19-9(7-18)16-17-10(19)12(13,14)15/h8,20H,4-7H2,1-3H3. The molecule has 1 aromatic heterocycles. The van der Waals surface area contributed by atoms with Crippen LogP contribution in [-0.4, -0.2) is 44.0 Å². The van der Waals surface area contributed by atoms with E-state index in [-0.39, 0.29) is 18.5 Å². The fourth-order valence-corrected chi connectivity index (χ4v) is 2.09. The molecule has 8 heteroatoms. The normalized spacial score (nSPS) is 18.9. The van der Waals surface area contributed by atoms with Gasteiger partial charge in [0.15, 0.2) is 0 Å². The van der Waals surface area contributed by atoms with Gasteiger partial charge in [-0.05, 0) is 5.41 Å².